The van der Waals surface area contributed by atoms with Crippen LogP contribution in [0.5, 0.6) is 0 Å². The molecule has 140 valence electrons. The second-order valence-electron chi connectivity index (χ2n) is 6.73. The molecule has 1 N–H and O–H groups in total. The number of aromatic nitrogens is 1. The fourth-order valence-electron chi connectivity index (χ4n) is 3.30. The number of nitrogens with one attached hydrogen (secondary N) is 1. The zero-order chi connectivity index (χ0) is 18.8. The third-order valence-corrected chi connectivity index (χ3v) is 4.90. The Balaban J connectivity index is 1.30. The van der Waals surface area contributed by atoms with Crippen LogP contribution in [0.3, 0.4) is 0 Å². The first-order valence-corrected chi connectivity index (χ1v) is 8.94. The number of carbonyl (C=O) groups excluding carboxylic acids is 1. The monoisotopic (exact) mass is 371 g/mol. The van der Waals surface area contributed by atoms with Crippen LogP contribution in [0.25, 0.3) is 11.1 Å². The molecule has 27 heavy (non-hydrogen) atoms. The fraction of sp³-hybridized carbons (Fsp3) is 0.300. The van der Waals surface area contributed by atoms with Gasteiger partial charge in [0.25, 0.3) is 11.9 Å². The molecule has 1 aliphatic heterocycles. The molecule has 0 atom stereocenters. The van der Waals surface area contributed by atoms with Crippen LogP contribution in [0.4, 0.5) is 14.8 Å². The molecule has 0 bridgehead atoms. The maximum Gasteiger partial charge on any atom is 0.298 e. The summed E-state index contributed by atoms with van der Waals surface area (Å²) < 4.78 is 32.0. The highest BCUT2D eigenvalue weighted by Crippen LogP contribution is 2.26. The number of hydrogen-bond acceptors (Lipinski definition) is 4. The van der Waals surface area contributed by atoms with Crippen LogP contribution in [-0.2, 0) is 0 Å². The highest BCUT2D eigenvalue weighted by atomic mass is 19.2. The van der Waals surface area contributed by atoms with Gasteiger partial charge in [0.15, 0.2) is 17.2 Å². The van der Waals surface area contributed by atoms with Gasteiger partial charge in [-0.2, -0.15) is 4.98 Å². The average Bonchev–Trinajstić information content (AvgIpc) is 3.13. The fourth-order valence-corrected chi connectivity index (χ4v) is 3.30. The van der Waals surface area contributed by atoms with Crippen molar-refractivity contribution in [2.45, 2.75) is 12.8 Å². The van der Waals surface area contributed by atoms with Gasteiger partial charge in [0, 0.05) is 25.2 Å². The van der Waals surface area contributed by atoms with Gasteiger partial charge >= 0.3 is 0 Å². The molecule has 2 aromatic carbocycles. The lowest BCUT2D eigenvalue weighted by molar-refractivity contribution is 0.0944. The largest absolute Gasteiger partial charge is 0.423 e. The summed E-state index contributed by atoms with van der Waals surface area (Å²) >= 11 is 0. The first kappa shape index (κ1) is 17.5. The van der Waals surface area contributed by atoms with E-state index in [4.69, 9.17) is 4.42 Å². The van der Waals surface area contributed by atoms with Gasteiger partial charge in [-0.05, 0) is 49.1 Å². The van der Waals surface area contributed by atoms with E-state index in [1.165, 1.54) is 6.07 Å². The molecule has 1 fully saturated rings. The van der Waals surface area contributed by atoms with Gasteiger partial charge in [-0.25, -0.2) is 8.78 Å². The molecule has 0 radical (unpaired) electrons. The predicted octanol–water partition coefficient (Wildman–Crippen LogP) is 3.75. The summed E-state index contributed by atoms with van der Waals surface area (Å²) in [5, 5.41) is 2.81. The lowest BCUT2D eigenvalue weighted by atomic mass is 9.97. The van der Waals surface area contributed by atoms with E-state index in [1.807, 2.05) is 24.3 Å². The average molecular weight is 371 g/mol. The third-order valence-electron chi connectivity index (χ3n) is 4.90. The molecule has 7 heteroatoms. The van der Waals surface area contributed by atoms with Crippen LogP contribution >= 0.6 is 0 Å². The van der Waals surface area contributed by atoms with Crippen LogP contribution in [0.1, 0.15) is 23.2 Å². The number of nitrogens with zero attached hydrogens (tertiary/aromatic N) is 2. The second-order valence-corrected chi connectivity index (χ2v) is 6.73. The van der Waals surface area contributed by atoms with E-state index in [1.54, 1.807) is 0 Å². The van der Waals surface area contributed by atoms with Crippen molar-refractivity contribution in [3.8, 4) is 0 Å². The van der Waals surface area contributed by atoms with Crippen molar-refractivity contribution in [2.24, 2.45) is 5.92 Å². The Bertz CT molecular complexity index is 932. The number of carbonyl (C=O) groups is 1. The van der Waals surface area contributed by atoms with E-state index in [9.17, 15) is 13.6 Å². The Morgan fingerprint density at radius 3 is 2.67 bits per heavy atom. The van der Waals surface area contributed by atoms with Gasteiger partial charge in [-0.15, -0.1) is 0 Å². The first-order valence-electron chi connectivity index (χ1n) is 8.94. The van der Waals surface area contributed by atoms with E-state index in [2.05, 4.69) is 15.2 Å². The normalized spacial score (nSPS) is 15.3. The summed E-state index contributed by atoms with van der Waals surface area (Å²) in [6, 6.07) is 11.4. The number of benzene rings is 2. The Labute approximate surface area is 155 Å². The van der Waals surface area contributed by atoms with Gasteiger partial charge in [0.1, 0.15) is 5.52 Å². The summed E-state index contributed by atoms with van der Waals surface area (Å²) in [6.45, 7) is 2.08. The molecule has 3 aromatic rings. The summed E-state index contributed by atoms with van der Waals surface area (Å²) in [6.07, 6.45) is 1.77. The molecular formula is C20H19F2N3O2. The first-order chi connectivity index (χ1) is 13.1. The number of anilines is 1. The number of halogens is 2. The SMILES string of the molecule is O=C(NCC1CCN(c2nc3ccccc3o2)CC1)c1ccc(F)c(F)c1. The molecule has 1 aromatic heterocycles. The molecular weight excluding hydrogens is 352 g/mol. The topological polar surface area (TPSA) is 58.4 Å². The number of piperidine rings is 1. The van der Waals surface area contributed by atoms with Crippen LogP contribution in [-0.4, -0.2) is 30.5 Å². The molecule has 0 saturated carbocycles. The van der Waals surface area contributed by atoms with Crippen LogP contribution in [0.2, 0.25) is 0 Å². The standard InChI is InChI=1S/C20H19F2N3O2/c21-15-6-5-14(11-16(15)22)19(26)23-12-13-7-9-25(10-8-13)20-24-17-3-1-2-4-18(17)27-20/h1-6,11,13H,7-10,12H2,(H,23,26). The molecule has 1 saturated heterocycles. The van der Waals surface area contributed by atoms with Crippen LogP contribution < -0.4 is 10.2 Å². The van der Waals surface area contributed by atoms with Crippen molar-refractivity contribution >= 4 is 23.0 Å². The Morgan fingerprint density at radius 2 is 1.93 bits per heavy atom. The Hall–Kier alpha value is -2.96. The molecule has 4 rings (SSSR count). The molecule has 5 nitrogen and oxygen atoms in total. The van der Waals surface area contributed by atoms with Crippen molar-refractivity contribution in [1.82, 2.24) is 10.3 Å². The molecule has 0 aliphatic carbocycles. The van der Waals surface area contributed by atoms with Crippen LogP contribution in [0, 0.1) is 17.6 Å². The van der Waals surface area contributed by atoms with Crippen molar-refractivity contribution in [1.29, 1.82) is 0 Å². The van der Waals surface area contributed by atoms with Gasteiger partial charge in [0.05, 0.1) is 0 Å². The maximum absolute atomic E-state index is 13.2. The van der Waals surface area contributed by atoms with E-state index in [-0.39, 0.29) is 5.56 Å². The quantitative estimate of drug-likeness (QED) is 0.759. The maximum atomic E-state index is 13.2. The molecule has 0 spiro atoms. The number of fused-ring (bicyclic) bond motifs is 1. The van der Waals surface area contributed by atoms with E-state index in [0.717, 1.165) is 49.2 Å². The lowest BCUT2D eigenvalue weighted by Gasteiger charge is -2.30. The minimum absolute atomic E-state index is 0.123. The minimum Gasteiger partial charge on any atom is -0.423 e. The van der Waals surface area contributed by atoms with Gasteiger partial charge in [-0.1, -0.05) is 12.1 Å². The van der Waals surface area contributed by atoms with Crippen molar-refractivity contribution in [2.75, 3.05) is 24.5 Å². The summed E-state index contributed by atoms with van der Waals surface area (Å²) in [5.41, 5.74) is 1.74. The molecule has 1 aliphatic rings. The molecule has 0 unspecified atom stereocenters. The summed E-state index contributed by atoms with van der Waals surface area (Å²) in [5.74, 6) is -2.05. The summed E-state index contributed by atoms with van der Waals surface area (Å²) in [7, 11) is 0. The third kappa shape index (κ3) is 3.77. The highest BCUT2D eigenvalue weighted by Gasteiger charge is 2.23. The number of hydrogen-bond donors (Lipinski definition) is 1. The van der Waals surface area contributed by atoms with E-state index < -0.39 is 17.5 Å². The second kappa shape index (κ2) is 7.34. The number of amides is 1. The smallest absolute Gasteiger partial charge is 0.298 e. The minimum atomic E-state index is -1.02. The van der Waals surface area contributed by atoms with Gasteiger partial charge < -0.3 is 14.6 Å². The van der Waals surface area contributed by atoms with E-state index in [0.29, 0.717) is 18.5 Å². The molecule has 1 amide bonds. The number of oxazole rings is 1. The number of rotatable bonds is 4. The molecule has 2 heterocycles. The zero-order valence-corrected chi connectivity index (χ0v) is 14.6. The lowest BCUT2D eigenvalue weighted by Crippen LogP contribution is -2.38. The van der Waals surface area contributed by atoms with Crippen LogP contribution in [0.15, 0.2) is 46.9 Å². The summed E-state index contributed by atoms with van der Waals surface area (Å²) in [4.78, 5) is 18.7. The Kier molecular flexibility index (Phi) is 4.75. The Morgan fingerprint density at radius 1 is 1.15 bits per heavy atom. The van der Waals surface area contributed by atoms with Crippen molar-refractivity contribution < 1.29 is 18.0 Å². The van der Waals surface area contributed by atoms with E-state index >= 15 is 0 Å². The zero-order valence-electron chi connectivity index (χ0n) is 14.6. The van der Waals surface area contributed by atoms with Crippen molar-refractivity contribution in [3.05, 3.63) is 59.7 Å². The predicted molar refractivity (Wildman–Crippen MR) is 97.6 cm³/mol. The van der Waals surface area contributed by atoms with Gasteiger partial charge in [-0.3, -0.25) is 4.79 Å². The van der Waals surface area contributed by atoms with Gasteiger partial charge in [0.2, 0.25) is 0 Å². The highest BCUT2D eigenvalue weighted by molar-refractivity contribution is 5.94. The van der Waals surface area contributed by atoms with Crippen molar-refractivity contribution in [3.63, 3.8) is 0 Å². The number of para-hydroxylation sites is 2.